The van der Waals surface area contributed by atoms with Gasteiger partial charge < -0.3 is 10.1 Å². The van der Waals surface area contributed by atoms with Crippen LogP contribution in [0.3, 0.4) is 0 Å². The molecule has 1 N–H and O–H groups in total. The topological polar surface area (TPSA) is 63.2 Å². The number of anilines is 1. The van der Waals surface area contributed by atoms with Gasteiger partial charge in [0, 0.05) is 47.9 Å². The van der Waals surface area contributed by atoms with E-state index in [1.807, 2.05) is 24.5 Å². The van der Waals surface area contributed by atoms with Gasteiger partial charge in [0.1, 0.15) is 0 Å². The Morgan fingerprint density at radius 3 is 2.33 bits per heavy atom. The Kier molecular flexibility index (Phi) is 4.06. The average molecular weight is 325 g/mol. The van der Waals surface area contributed by atoms with E-state index in [0.29, 0.717) is 23.9 Å². The van der Waals surface area contributed by atoms with Crippen LogP contribution in [0.25, 0.3) is 11.1 Å². The van der Waals surface area contributed by atoms with Gasteiger partial charge in [-0.1, -0.05) is 0 Å². The summed E-state index contributed by atoms with van der Waals surface area (Å²) in [4.78, 5) is 15.8. The normalized spacial score (nSPS) is 28.6. The molecule has 2 bridgehead atoms. The Bertz CT molecular complexity index is 678. The third-order valence-corrected chi connectivity index (χ3v) is 5.40. The van der Waals surface area contributed by atoms with E-state index in [-0.39, 0.29) is 0 Å². The lowest BCUT2D eigenvalue weighted by molar-refractivity contribution is 0.0455. The molecule has 6 nitrogen and oxygen atoms in total. The standard InChI is InChI=1S/C18H23N5O/c1-12-17(13-5-7-23(12)8-6-13)22-18-20-10-15(11-21-18)14-3-4-16(24-2)19-9-14/h3-4,9-13,17H,5-8H2,1-2H3,(H,20,21,22)/t12-,17-/m1/s1. The molecule has 3 aliphatic rings. The van der Waals surface area contributed by atoms with Gasteiger partial charge in [-0.05, 0) is 44.8 Å². The number of pyridine rings is 1. The van der Waals surface area contributed by atoms with Gasteiger partial charge in [-0.15, -0.1) is 0 Å². The summed E-state index contributed by atoms with van der Waals surface area (Å²) < 4.78 is 5.09. The number of aromatic nitrogens is 3. The third-order valence-electron chi connectivity index (χ3n) is 5.40. The van der Waals surface area contributed by atoms with Crippen molar-refractivity contribution >= 4 is 5.95 Å². The maximum absolute atomic E-state index is 5.09. The molecule has 0 aliphatic carbocycles. The van der Waals surface area contributed by atoms with Crippen molar-refractivity contribution in [2.24, 2.45) is 5.92 Å². The molecule has 0 aromatic carbocycles. The molecule has 2 atom stereocenters. The molecular weight excluding hydrogens is 302 g/mol. The highest BCUT2D eigenvalue weighted by molar-refractivity contribution is 5.61. The fraction of sp³-hybridized carbons (Fsp3) is 0.500. The van der Waals surface area contributed by atoms with Crippen LogP contribution in [0.1, 0.15) is 19.8 Å². The van der Waals surface area contributed by atoms with Crippen LogP contribution in [-0.4, -0.2) is 52.1 Å². The van der Waals surface area contributed by atoms with Crippen molar-refractivity contribution in [3.8, 4) is 17.0 Å². The molecule has 126 valence electrons. The molecule has 0 unspecified atom stereocenters. The van der Waals surface area contributed by atoms with Crippen LogP contribution in [0, 0.1) is 5.92 Å². The lowest BCUT2D eigenvalue weighted by Gasteiger charge is -2.49. The highest BCUT2D eigenvalue weighted by Gasteiger charge is 2.39. The Morgan fingerprint density at radius 2 is 1.75 bits per heavy atom. The first-order valence-electron chi connectivity index (χ1n) is 8.57. The van der Waals surface area contributed by atoms with E-state index in [1.54, 1.807) is 13.3 Å². The van der Waals surface area contributed by atoms with Crippen molar-refractivity contribution in [2.45, 2.75) is 31.8 Å². The van der Waals surface area contributed by atoms with Crippen molar-refractivity contribution < 1.29 is 4.74 Å². The fourth-order valence-corrected chi connectivity index (χ4v) is 3.92. The van der Waals surface area contributed by atoms with Crippen molar-refractivity contribution in [1.82, 2.24) is 19.9 Å². The Balaban J connectivity index is 1.47. The Labute approximate surface area is 142 Å². The zero-order valence-electron chi connectivity index (χ0n) is 14.1. The van der Waals surface area contributed by atoms with Gasteiger partial charge in [-0.25, -0.2) is 15.0 Å². The second kappa shape index (κ2) is 6.36. The van der Waals surface area contributed by atoms with Crippen LogP contribution in [0.4, 0.5) is 5.95 Å². The van der Waals surface area contributed by atoms with Crippen LogP contribution in [0.2, 0.25) is 0 Å². The number of fused-ring (bicyclic) bond motifs is 3. The number of hydrogen-bond acceptors (Lipinski definition) is 6. The first-order valence-corrected chi connectivity index (χ1v) is 8.57. The Morgan fingerprint density at radius 1 is 1.04 bits per heavy atom. The molecular formula is C18H23N5O. The van der Waals surface area contributed by atoms with Crippen LogP contribution in [-0.2, 0) is 0 Å². The third kappa shape index (κ3) is 2.82. The van der Waals surface area contributed by atoms with Gasteiger partial charge in [0.15, 0.2) is 0 Å². The molecule has 2 aromatic heterocycles. The number of nitrogens with one attached hydrogen (secondary N) is 1. The average Bonchev–Trinajstić information content (AvgIpc) is 2.66. The number of hydrogen-bond donors (Lipinski definition) is 1. The van der Waals surface area contributed by atoms with E-state index < -0.39 is 0 Å². The monoisotopic (exact) mass is 325 g/mol. The van der Waals surface area contributed by atoms with Crippen molar-refractivity contribution in [3.63, 3.8) is 0 Å². The summed E-state index contributed by atoms with van der Waals surface area (Å²) in [6.45, 7) is 4.77. The number of rotatable bonds is 4. The quantitative estimate of drug-likeness (QED) is 0.931. The predicted molar refractivity (Wildman–Crippen MR) is 93.0 cm³/mol. The largest absolute Gasteiger partial charge is 0.481 e. The molecule has 0 amide bonds. The molecule has 24 heavy (non-hydrogen) atoms. The summed E-state index contributed by atoms with van der Waals surface area (Å²) in [7, 11) is 1.61. The van der Waals surface area contributed by atoms with Gasteiger partial charge >= 0.3 is 0 Å². The molecule has 0 radical (unpaired) electrons. The SMILES string of the molecule is COc1ccc(-c2cnc(N[C@H]3C4CCN(CC4)[C@@H]3C)nc2)cn1. The summed E-state index contributed by atoms with van der Waals surface area (Å²) in [6, 6.07) is 4.80. The number of ether oxygens (including phenoxy) is 1. The molecule has 3 fully saturated rings. The second-order valence-corrected chi connectivity index (χ2v) is 6.67. The zero-order chi connectivity index (χ0) is 16.5. The molecule has 5 rings (SSSR count). The van der Waals surface area contributed by atoms with E-state index in [1.165, 1.54) is 25.9 Å². The molecule has 3 saturated heterocycles. The van der Waals surface area contributed by atoms with Crippen molar-refractivity contribution in [2.75, 3.05) is 25.5 Å². The molecule has 6 heteroatoms. The number of piperidine rings is 3. The maximum atomic E-state index is 5.09. The maximum Gasteiger partial charge on any atom is 0.222 e. The van der Waals surface area contributed by atoms with Gasteiger partial charge in [-0.2, -0.15) is 0 Å². The first kappa shape index (κ1) is 15.3. The van der Waals surface area contributed by atoms with Crippen molar-refractivity contribution in [3.05, 3.63) is 30.7 Å². The van der Waals surface area contributed by atoms with E-state index in [0.717, 1.165) is 17.0 Å². The summed E-state index contributed by atoms with van der Waals surface area (Å²) in [5, 5.41) is 3.56. The van der Waals surface area contributed by atoms with Crippen LogP contribution < -0.4 is 10.1 Å². The van der Waals surface area contributed by atoms with E-state index in [2.05, 4.69) is 32.1 Å². The molecule has 0 saturated carbocycles. The van der Waals surface area contributed by atoms with Gasteiger partial charge in [-0.3, -0.25) is 4.90 Å². The van der Waals surface area contributed by atoms with Crippen LogP contribution in [0.5, 0.6) is 5.88 Å². The first-order chi connectivity index (χ1) is 11.7. The van der Waals surface area contributed by atoms with Crippen molar-refractivity contribution in [1.29, 1.82) is 0 Å². The minimum atomic E-state index is 0.445. The van der Waals surface area contributed by atoms with Crippen LogP contribution >= 0.6 is 0 Å². The number of nitrogens with zero attached hydrogens (tertiary/aromatic N) is 4. The van der Waals surface area contributed by atoms with Gasteiger partial charge in [0.05, 0.1) is 7.11 Å². The highest BCUT2D eigenvalue weighted by atomic mass is 16.5. The second-order valence-electron chi connectivity index (χ2n) is 6.67. The van der Waals surface area contributed by atoms with Crippen LogP contribution in [0.15, 0.2) is 30.7 Å². The minimum absolute atomic E-state index is 0.445. The summed E-state index contributed by atoms with van der Waals surface area (Å²) in [5.74, 6) is 2.05. The Hall–Kier alpha value is -2.21. The molecule has 2 aromatic rings. The lowest BCUT2D eigenvalue weighted by Crippen LogP contribution is -2.59. The zero-order valence-corrected chi connectivity index (χ0v) is 14.1. The minimum Gasteiger partial charge on any atom is -0.481 e. The smallest absolute Gasteiger partial charge is 0.222 e. The van der Waals surface area contributed by atoms with Gasteiger partial charge in [0.25, 0.3) is 0 Å². The van der Waals surface area contributed by atoms with E-state index in [9.17, 15) is 0 Å². The summed E-state index contributed by atoms with van der Waals surface area (Å²) in [6.07, 6.45) is 8.03. The molecule has 3 aliphatic heterocycles. The van der Waals surface area contributed by atoms with E-state index in [4.69, 9.17) is 4.74 Å². The molecule has 0 spiro atoms. The predicted octanol–water partition coefficient (Wildman–Crippen LogP) is 2.44. The molecule has 5 heterocycles. The summed E-state index contributed by atoms with van der Waals surface area (Å²) >= 11 is 0. The number of methoxy groups -OCH3 is 1. The van der Waals surface area contributed by atoms with E-state index >= 15 is 0 Å². The highest BCUT2D eigenvalue weighted by Crippen LogP contribution is 2.33. The summed E-state index contributed by atoms with van der Waals surface area (Å²) in [5.41, 5.74) is 1.94. The fourth-order valence-electron chi connectivity index (χ4n) is 3.92. The van der Waals surface area contributed by atoms with Gasteiger partial charge in [0.2, 0.25) is 11.8 Å². The lowest BCUT2D eigenvalue weighted by atomic mass is 9.79.